The molecule has 0 aromatic rings. The van der Waals surface area contributed by atoms with Crippen molar-refractivity contribution in [1.29, 1.82) is 0 Å². The fraction of sp³-hybridized carbons (Fsp3) is 0.957. The molecule has 3 heterocycles. The maximum atomic E-state index is 12.8. The number of sulfonamides is 1. The highest BCUT2D eigenvalue weighted by molar-refractivity contribution is 7.88. The van der Waals surface area contributed by atoms with Crippen molar-refractivity contribution in [2.75, 3.05) is 39.5 Å². The topological polar surface area (TPSA) is 81.8 Å². The van der Waals surface area contributed by atoms with Crippen molar-refractivity contribution in [3.8, 4) is 0 Å². The number of fused-ring (bicyclic) bond motifs is 1. The Labute approximate surface area is 188 Å². The summed E-state index contributed by atoms with van der Waals surface area (Å²) in [4.78, 5) is 12.8. The van der Waals surface area contributed by atoms with E-state index in [9.17, 15) is 13.2 Å². The van der Waals surface area contributed by atoms with Gasteiger partial charge in [0.1, 0.15) is 0 Å². The summed E-state index contributed by atoms with van der Waals surface area (Å²) >= 11 is 0. The molecule has 4 unspecified atom stereocenters. The molecule has 4 atom stereocenters. The number of rotatable bonds is 4. The molecule has 31 heavy (non-hydrogen) atoms. The molecule has 7 nitrogen and oxygen atoms in total. The molecule has 3 aliphatic heterocycles. The van der Waals surface area contributed by atoms with E-state index < -0.39 is 10.0 Å². The summed E-state index contributed by atoms with van der Waals surface area (Å²) in [6.45, 7) is 3.05. The van der Waals surface area contributed by atoms with E-state index in [2.05, 4.69) is 15.8 Å². The third-order valence-corrected chi connectivity index (χ3v) is 10.0. The van der Waals surface area contributed by atoms with Crippen LogP contribution in [0.2, 0.25) is 0 Å². The van der Waals surface area contributed by atoms with Crippen molar-refractivity contribution < 1.29 is 13.2 Å². The zero-order valence-electron chi connectivity index (χ0n) is 19.4. The Balaban J connectivity index is 1.58. The number of carbonyl (C=O) groups is 1. The average Bonchev–Trinajstić information content (AvgIpc) is 3.16. The molecule has 0 spiro atoms. The Morgan fingerprint density at radius 2 is 1.55 bits per heavy atom. The first kappa shape index (κ1) is 23.5. The molecular weight excluding hydrogens is 412 g/mol. The monoisotopic (exact) mass is 454 g/mol. The molecule has 3 saturated heterocycles. The van der Waals surface area contributed by atoms with Crippen LogP contribution in [-0.4, -0.2) is 69.2 Å². The molecule has 8 heteroatoms. The minimum absolute atomic E-state index is 0.0133. The lowest BCUT2D eigenvalue weighted by molar-refractivity contribution is -0.127. The highest BCUT2D eigenvalue weighted by Crippen LogP contribution is 2.48. The number of nitrogens with one attached hydrogen (secondary N) is 2. The van der Waals surface area contributed by atoms with Gasteiger partial charge in [-0.2, -0.15) is 0 Å². The number of hydrazine groups is 1. The van der Waals surface area contributed by atoms with E-state index in [1.54, 1.807) is 11.4 Å². The Kier molecular flexibility index (Phi) is 7.61. The third-order valence-electron chi connectivity index (χ3n) is 8.73. The maximum Gasteiger partial charge on any atom is 0.225 e. The number of hydrogen-bond donors (Lipinski definition) is 2. The second-order valence-corrected chi connectivity index (χ2v) is 12.4. The average molecular weight is 455 g/mol. The number of carbonyl (C=O) groups excluding carboxylic acids is 1. The summed E-state index contributed by atoms with van der Waals surface area (Å²) in [7, 11) is -1.34. The molecule has 4 fully saturated rings. The number of hydrogen-bond acceptors (Lipinski definition) is 5. The van der Waals surface area contributed by atoms with Crippen molar-refractivity contribution in [1.82, 2.24) is 20.1 Å². The number of nitrogens with zero attached hydrogens (tertiary/aromatic N) is 2. The summed E-state index contributed by atoms with van der Waals surface area (Å²) in [6.07, 6.45) is 13.7. The number of amides is 1. The van der Waals surface area contributed by atoms with Crippen LogP contribution in [-0.2, 0) is 14.8 Å². The zero-order valence-corrected chi connectivity index (χ0v) is 20.2. The van der Waals surface area contributed by atoms with Gasteiger partial charge in [0.25, 0.3) is 0 Å². The Morgan fingerprint density at radius 3 is 2.16 bits per heavy atom. The molecule has 1 aliphatic carbocycles. The van der Waals surface area contributed by atoms with E-state index in [-0.39, 0.29) is 17.9 Å². The predicted molar refractivity (Wildman–Crippen MR) is 123 cm³/mol. The van der Waals surface area contributed by atoms with Crippen LogP contribution in [0.15, 0.2) is 0 Å². The highest BCUT2D eigenvalue weighted by atomic mass is 32.2. The second-order valence-electron chi connectivity index (χ2n) is 10.4. The van der Waals surface area contributed by atoms with Crippen molar-refractivity contribution >= 4 is 15.9 Å². The highest BCUT2D eigenvalue weighted by Gasteiger charge is 2.52. The smallest absolute Gasteiger partial charge is 0.225 e. The molecule has 0 aromatic carbocycles. The van der Waals surface area contributed by atoms with E-state index >= 15 is 0 Å². The van der Waals surface area contributed by atoms with Gasteiger partial charge >= 0.3 is 0 Å². The summed E-state index contributed by atoms with van der Waals surface area (Å²) in [5.41, 5.74) is 3.56. The van der Waals surface area contributed by atoms with E-state index in [1.165, 1.54) is 51.2 Å². The van der Waals surface area contributed by atoms with Gasteiger partial charge in [0, 0.05) is 39.3 Å². The second kappa shape index (κ2) is 10.1. The van der Waals surface area contributed by atoms with Crippen molar-refractivity contribution in [3.63, 3.8) is 0 Å². The quantitative estimate of drug-likeness (QED) is 0.681. The van der Waals surface area contributed by atoms with Gasteiger partial charge in [-0.25, -0.2) is 17.7 Å². The minimum Gasteiger partial charge on any atom is -0.359 e. The van der Waals surface area contributed by atoms with Crippen LogP contribution in [0.1, 0.15) is 64.2 Å². The normalized spacial score (nSPS) is 35.3. The van der Waals surface area contributed by atoms with Gasteiger partial charge in [0.2, 0.25) is 15.9 Å². The van der Waals surface area contributed by atoms with Gasteiger partial charge < -0.3 is 5.32 Å². The summed E-state index contributed by atoms with van der Waals surface area (Å²) in [6, 6.07) is 0.274. The molecule has 2 N–H and O–H groups in total. The molecule has 4 aliphatic rings. The van der Waals surface area contributed by atoms with Gasteiger partial charge in [-0.3, -0.25) is 10.2 Å². The number of piperidine rings is 2. The molecule has 0 bridgehead atoms. The van der Waals surface area contributed by atoms with Crippen LogP contribution in [0.5, 0.6) is 0 Å². The van der Waals surface area contributed by atoms with Crippen LogP contribution in [0, 0.1) is 29.6 Å². The fourth-order valence-corrected chi connectivity index (χ4v) is 8.09. The molecule has 0 radical (unpaired) electrons. The van der Waals surface area contributed by atoms with E-state index in [0.29, 0.717) is 36.8 Å². The van der Waals surface area contributed by atoms with Gasteiger partial charge in [0.05, 0.1) is 12.2 Å². The van der Waals surface area contributed by atoms with Crippen LogP contribution < -0.4 is 10.7 Å². The van der Waals surface area contributed by atoms with E-state index in [4.69, 9.17) is 0 Å². The van der Waals surface area contributed by atoms with Crippen LogP contribution >= 0.6 is 0 Å². The Bertz CT molecular complexity index is 714. The van der Waals surface area contributed by atoms with Gasteiger partial charge in [-0.1, -0.05) is 44.9 Å². The van der Waals surface area contributed by atoms with Crippen molar-refractivity contribution in [2.45, 2.75) is 70.3 Å². The molecule has 1 amide bonds. The first-order valence-electron chi connectivity index (χ1n) is 12.6. The van der Waals surface area contributed by atoms with Crippen LogP contribution in [0.3, 0.4) is 0 Å². The minimum atomic E-state index is -3.10. The lowest BCUT2D eigenvalue weighted by Crippen LogP contribution is -2.56. The summed E-state index contributed by atoms with van der Waals surface area (Å²) in [5.74, 6) is 2.56. The molecular formula is C23H42N4O3S. The predicted octanol–water partition coefficient (Wildman–Crippen LogP) is 2.21. The molecule has 1 saturated carbocycles. The lowest BCUT2D eigenvalue weighted by atomic mass is 9.61. The van der Waals surface area contributed by atoms with E-state index in [1.807, 2.05) is 0 Å². The Morgan fingerprint density at radius 1 is 0.903 bits per heavy atom. The van der Waals surface area contributed by atoms with Crippen molar-refractivity contribution in [2.24, 2.45) is 29.6 Å². The van der Waals surface area contributed by atoms with E-state index in [0.717, 1.165) is 32.4 Å². The maximum absolute atomic E-state index is 12.8. The van der Waals surface area contributed by atoms with Crippen molar-refractivity contribution in [3.05, 3.63) is 0 Å². The lowest BCUT2D eigenvalue weighted by Gasteiger charge is -2.50. The standard InChI is InChI=1S/C23H42N4O3S/c1-24-23(28)20-16-25-27-15-12-19(17-10-13-26(14-11-17)31(2,29)30)21(22(20)27)18-8-6-4-3-5-7-9-18/h17-22,25H,3-16H2,1-2H3,(H,24,28). The fourth-order valence-electron chi connectivity index (χ4n) is 7.22. The molecule has 0 aromatic heterocycles. The van der Waals surface area contributed by atoms with Crippen LogP contribution in [0.25, 0.3) is 0 Å². The Hall–Kier alpha value is -0.700. The van der Waals surface area contributed by atoms with Gasteiger partial charge in [-0.05, 0) is 42.9 Å². The first-order chi connectivity index (χ1) is 14.9. The SMILES string of the molecule is CNC(=O)C1CNN2CCC(C3CCN(S(C)(=O)=O)CC3)C(C3CCCCCCC3)C12. The van der Waals surface area contributed by atoms with Gasteiger partial charge in [-0.15, -0.1) is 0 Å². The summed E-state index contributed by atoms with van der Waals surface area (Å²) < 4.78 is 25.7. The van der Waals surface area contributed by atoms with Gasteiger partial charge in [0.15, 0.2) is 0 Å². The first-order valence-corrected chi connectivity index (χ1v) is 14.4. The summed E-state index contributed by atoms with van der Waals surface area (Å²) in [5, 5.41) is 5.32. The third kappa shape index (κ3) is 5.12. The molecule has 4 rings (SSSR count). The molecule has 178 valence electrons. The van der Waals surface area contributed by atoms with Crippen LogP contribution in [0.4, 0.5) is 0 Å². The largest absolute Gasteiger partial charge is 0.359 e. The zero-order chi connectivity index (χ0) is 22.0.